The predicted octanol–water partition coefficient (Wildman–Crippen LogP) is 2.14. The quantitative estimate of drug-likeness (QED) is 0.724. The standard InChI is InChI=1S/C12H18N2O/c1-4-6-10(2)13-9-11-7-5-8-12(14-11)15-3/h4-5,7-8,10,13H,1,6,9H2,2-3H3. The number of methoxy groups -OCH3 is 1. The molecular weight excluding hydrogens is 188 g/mol. The van der Waals surface area contributed by atoms with Crippen molar-refractivity contribution in [2.45, 2.75) is 25.9 Å². The second kappa shape index (κ2) is 6.19. The molecule has 0 spiro atoms. The van der Waals surface area contributed by atoms with Gasteiger partial charge in [0.15, 0.2) is 0 Å². The highest BCUT2D eigenvalue weighted by molar-refractivity contribution is 5.15. The SMILES string of the molecule is C=CCC(C)NCc1cccc(OC)n1. The normalized spacial score (nSPS) is 12.1. The Morgan fingerprint density at radius 2 is 2.40 bits per heavy atom. The van der Waals surface area contributed by atoms with Gasteiger partial charge in [0.1, 0.15) is 0 Å². The molecule has 0 amide bonds. The fraction of sp³-hybridized carbons (Fsp3) is 0.417. The Morgan fingerprint density at radius 1 is 1.60 bits per heavy atom. The average molecular weight is 206 g/mol. The minimum atomic E-state index is 0.426. The Bertz CT molecular complexity index is 312. The largest absolute Gasteiger partial charge is 0.481 e. The second-order valence-corrected chi connectivity index (χ2v) is 3.48. The second-order valence-electron chi connectivity index (χ2n) is 3.48. The summed E-state index contributed by atoms with van der Waals surface area (Å²) in [4.78, 5) is 4.31. The molecule has 0 aliphatic rings. The van der Waals surface area contributed by atoms with Gasteiger partial charge in [-0.2, -0.15) is 0 Å². The van der Waals surface area contributed by atoms with Crippen LogP contribution in [0.1, 0.15) is 19.0 Å². The first-order valence-corrected chi connectivity index (χ1v) is 5.10. The van der Waals surface area contributed by atoms with E-state index in [0.29, 0.717) is 11.9 Å². The van der Waals surface area contributed by atoms with Crippen molar-refractivity contribution in [3.05, 3.63) is 36.5 Å². The van der Waals surface area contributed by atoms with Crippen LogP contribution in [-0.2, 0) is 6.54 Å². The summed E-state index contributed by atoms with van der Waals surface area (Å²) in [6, 6.07) is 6.20. The van der Waals surface area contributed by atoms with Gasteiger partial charge in [0, 0.05) is 18.7 Å². The fourth-order valence-electron chi connectivity index (χ4n) is 1.28. The molecule has 1 rings (SSSR count). The summed E-state index contributed by atoms with van der Waals surface area (Å²) < 4.78 is 5.05. The number of hydrogen-bond donors (Lipinski definition) is 1. The monoisotopic (exact) mass is 206 g/mol. The molecule has 0 saturated carbocycles. The lowest BCUT2D eigenvalue weighted by Crippen LogP contribution is -2.25. The molecular formula is C12H18N2O. The smallest absolute Gasteiger partial charge is 0.213 e. The predicted molar refractivity (Wildman–Crippen MR) is 61.9 cm³/mol. The van der Waals surface area contributed by atoms with Gasteiger partial charge in [-0.1, -0.05) is 12.1 Å². The van der Waals surface area contributed by atoms with E-state index in [2.05, 4.69) is 23.8 Å². The van der Waals surface area contributed by atoms with Crippen LogP contribution in [0.5, 0.6) is 5.88 Å². The highest BCUT2D eigenvalue weighted by atomic mass is 16.5. The molecule has 82 valence electrons. The van der Waals surface area contributed by atoms with Crippen LogP contribution >= 0.6 is 0 Å². The summed E-state index contributed by atoms with van der Waals surface area (Å²) in [6.45, 7) is 6.59. The van der Waals surface area contributed by atoms with Crippen LogP contribution in [0, 0.1) is 0 Å². The van der Waals surface area contributed by atoms with Gasteiger partial charge in [0.25, 0.3) is 0 Å². The summed E-state index contributed by atoms with van der Waals surface area (Å²) in [7, 11) is 1.62. The minimum Gasteiger partial charge on any atom is -0.481 e. The Morgan fingerprint density at radius 3 is 3.07 bits per heavy atom. The number of aromatic nitrogens is 1. The Hall–Kier alpha value is -1.35. The van der Waals surface area contributed by atoms with Crippen molar-refractivity contribution in [2.75, 3.05) is 7.11 Å². The van der Waals surface area contributed by atoms with Crippen LogP contribution in [0.4, 0.5) is 0 Å². The van der Waals surface area contributed by atoms with E-state index in [1.807, 2.05) is 24.3 Å². The molecule has 0 aromatic carbocycles. The van der Waals surface area contributed by atoms with E-state index in [0.717, 1.165) is 18.7 Å². The molecule has 0 saturated heterocycles. The van der Waals surface area contributed by atoms with E-state index >= 15 is 0 Å². The number of hydrogen-bond acceptors (Lipinski definition) is 3. The molecule has 3 heteroatoms. The average Bonchev–Trinajstić information content (AvgIpc) is 2.27. The molecule has 1 atom stereocenters. The maximum Gasteiger partial charge on any atom is 0.213 e. The maximum absolute atomic E-state index is 5.05. The van der Waals surface area contributed by atoms with Crippen molar-refractivity contribution in [1.82, 2.24) is 10.3 Å². The summed E-state index contributed by atoms with van der Waals surface area (Å²) >= 11 is 0. The first-order chi connectivity index (χ1) is 7.26. The van der Waals surface area contributed by atoms with Gasteiger partial charge < -0.3 is 10.1 Å². The van der Waals surface area contributed by atoms with E-state index in [9.17, 15) is 0 Å². The third-order valence-corrected chi connectivity index (χ3v) is 2.14. The highest BCUT2D eigenvalue weighted by Gasteiger charge is 2.00. The molecule has 0 aliphatic heterocycles. The van der Waals surface area contributed by atoms with Crippen LogP contribution < -0.4 is 10.1 Å². The van der Waals surface area contributed by atoms with Crippen LogP contribution in [-0.4, -0.2) is 18.1 Å². The van der Waals surface area contributed by atoms with E-state index < -0.39 is 0 Å². The third kappa shape index (κ3) is 4.13. The Labute approximate surface area is 91.2 Å². The Kier molecular flexibility index (Phi) is 4.84. The van der Waals surface area contributed by atoms with Crippen molar-refractivity contribution in [1.29, 1.82) is 0 Å². The zero-order chi connectivity index (χ0) is 11.1. The molecule has 0 bridgehead atoms. The van der Waals surface area contributed by atoms with Crippen LogP contribution in [0.2, 0.25) is 0 Å². The third-order valence-electron chi connectivity index (χ3n) is 2.14. The number of nitrogens with one attached hydrogen (secondary N) is 1. The van der Waals surface area contributed by atoms with Crippen molar-refractivity contribution in [3.8, 4) is 5.88 Å². The molecule has 1 aromatic heterocycles. The molecule has 1 unspecified atom stereocenters. The van der Waals surface area contributed by atoms with Crippen molar-refractivity contribution in [2.24, 2.45) is 0 Å². The van der Waals surface area contributed by atoms with Gasteiger partial charge >= 0.3 is 0 Å². The molecule has 0 fully saturated rings. The van der Waals surface area contributed by atoms with Gasteiger partial charge in [-0.15, -0.1) is 6.58 Å². The molecule has 15 heavy (non-hydrogen) atoms. The molecule has 1 heterocycles. The van der Waals surface area contributed by atoms with E-state index in [4.69, 9.17) is 4.74 Å². The number of rotatable bonds is 6. The number of ether oxygens (including phenoxy) is 1. The van der Waals surface area contributed by atoms with E-state index in [1.54, 1.807) is 7.11 Å². The van der Waals surface area contributed by atoms with Crippen LogP contribution in [0.25, 0.3) is 0 Å². The zero-order valence-electron chi connectivity index (χ0n) is 9.36. The summed E-state index contributed by atoms with van der Waals surface area (Å²) in [6.07, 6.45) is 2.88. The van der Waals surface area contributed by atoms with Gasteiger partial charge in [0.2, 0.25) is 5.88 Å². The van der Waals surface area contributed by atoms with Gasteiger partial charge in [-0.3, -0.25) is 0 Å². The van der Waals surface area contributed by atoms with Gasteiger partial charge in [-0.05, 0) is 19.4 Å². The van der Waals surface area contributed by atoms with Gasteiger partial charge in [0.05, 0.1) is 12.8 Å². The maximum atomic E-state index is 5.05. The van der Waals surface area contributed by atoms with E-state index in [1.165, 1.54) is 0 Å². The lowest BCUT2D eigenvalue weighted by atomic mass is 10.2. The molecule has 3 nitrogen and oxygen atoms in total. The summed E-state index contributed by atoms with van der Waals surface area (Å²) in [5.41, 5.74) is 0.991. The first-order valence-electron chi connectivity index (χ1n) is 5.10. The summed E-state index contributed by atoms with van der Waals surface area (Å²) in [5.74, 6) is 0.658. The van der Waals surface area contributed by atoms with Crippen molar-refractivity contribution >= 4 is 0 Å². The number of nitrogens with zero attached hydrogens (tertiary/aromatic N) is 1. The van der Waals surface area contributed by atoms with Crippen LogP contribution in [0.15, 0.2) is 30.9 Å². The first kappa shape index (κ1) is 11.7. The van der Waals surface area contributed by atoms with Gasteiger partial charge in [-0.25, -0.2) is 4.98 Å². The molecule has 0 aliphatic carbocycles. The molecule has 1 aromatic rings. The number of pyridine rings is 1. The highest BCUT2D eigenvalue weighted by Crippen LogP contribution is 2.06. The molecule has 0 radical (unpaired) electrons. The Balaban J connectivity index is 2.46. The van der Waals surface area contributed by atoms with Crippen molar-refractivity contribution in [3.63, 3.8) is 0 Å². The lowest BCUT2D eigenvalue weighted by Gasteiger charge is -2.11. The van der Waals surface area contributed by atoms with Crippen LogP contribution in [0.3, 0.4) is 0 Å². The van der Waals surface area contributed by atoms with Crippen molar-refractivity contribution < 1.29 is 4.74 Å². The zero-order valence-corrected chi connectivity index (χ0v) is 9.36. The topological polar surface area (TPSA) is 34.1 Å². The fourth-order valence-corrected chi connectivity index (χ4v) is 1.28. The summed E-state index contributed by atoms with van der Waals surface area (Å²) in [5, 5.41) is 3.36. The van der Waals surface area contributed by atoms with E-state index in [-0.39, 0.29) is 0 Å². The lowest BCUT2D eigenvalue weighted by molar-refractivity contribution is 0.395. The minimum absolute atomic E-state index is 0.426. The molecule has 1 N–H and O–H groups in total.